The van der Waals surface area contributed by atoms with Crippen LogP contribution in [-0.2, 0) is 14.4 Å². The molecule has 0 radical (unpaired) electrons. The molecule has 6 aliphatic rings. The molecular formula is C26H30N2O3. The molecule has 5 heteroatoms. The molecule has 0 aromatic heterocycles. The normalized spacial score (nSPS) is 40.0. The van der Waals surface area contributed by atoms with Gasteiger partial charge in [-0.05, 0) is 81.3 Å². The lowest BCUT2D eigenvalue weighted by Crippen LogP contribution is -2.44. The van der Waals surface area contributed by atoms with Gasteiger partial charge in [-0.25, -0.2) is 0 Å². The molecule has 0 unspecified atom stereocenters. The van der Waals surface area contributed by atoms with Crippen LogP contribution in [0.4, 0.5) is 5.69 Å². The Bertz CT molecular complexity index is 970. The highest BCUT2D eigenvalue weighted by Crippen LogP contribution is 2.65. The Kier molecular flexibility index (Phi) is 4.22. The Hall–Kier alpha value is -2.43. The number of imide groups is 1. The number of likely N-dealkylation sites (tertiary alicyclic amines) is 1. The first-order chi connectivity index (χ1) is 14.9. The van der Waals surface area contributed by atoms with Crippen LogP contribution in [0, 0.1) is 55.3 Å². The van der Waals surface area contributed by atoms with E-state index >= 15 is 0 Å². The molecule has 3 saturated carbocycles. The van der Waals surface area contributed by atoms with Crippen LogP contribution in [-0.4, -0.2) is 28.7 Å². The summed E-state index contributed by atoms with van der Waals surface area (Å²) in [7, 11) is 0. The monoisotopic (exact) mass is 418 g/mol. The quantitative estimate of drug-likeness (QED) is 0.599. The van der Waals surface area contributed by atoms with Crippen LogP contribution in [0.25, 0.3) is 0 Å². The Balaban J connectivity index is 1.11. The van der Waals surface area contributed by atoms with Gasteiger partial charge in [0, 0.05) is 17.6 Å². The first kappa shape index (κ1) is 19.3. The first-order valence-electron chi connectivity index (χ1n) is 11.9. The minimum Gasteiger partial charge on any atom is -0.326 e. The average Bonchev–Trinajstić information content (AvgIpc) is 3.54. The van der Waals surface area contributed by atoms with Crippen LogP contribution in [0.2, 0.25) is 0 Å². The molecule has 3 amide bonds. The molecule has 1 heterocycles. The molecule has 6 atom stereocenters. The van der Waals surface area contributed by atoms with Gasteiger partial charge in [-0.1, -0.05) is 29.8 Å². The lowest BCUT2D eigenvalue weighted by atomic mass is 9.63. The van der Waals surface area contributed by atoms with Crippen molar-refractivity contribution in [3.63, 3.8) is 0 Å². The van der Waals surface area contributed by atoms with Crippen molar-refractivity contribution in [3.05, 3.63) is 41.5 Å². The van der Waals surface area contributed by atoms with Crippen molar-refractivity contribution in [3.8, 4) is 0 Å². The van der Waals surface area contributed by atoms with E-state index in [0.717, 1.165) is 36.9 Å². The Labute approximate surface area is 183 Å². The fourth-order valence-corrected chi connectivity index (χ4v) is 7.12. The van der Waals surface area contributed by atoms with E-state index in [4.69, 9.17) is 0 Å². The van der Waals surface area contributed by atoms with E-state index in [1.165, 1.54) is 12.0 Å². The zero-order valence-electron chi connectivity index (χ0n) is 18.2. The second-order valence-electron chi connectivity index (χ2n) is 10.5. The van der Waals surface area contributed by atoms with Crippen molar-refractivity contribution >= 4 is 23.4 Å². The van der Waals surface area contributed by atoms with Gasteiger partial charge >= 0.3 is 0 Å². The Morgan fingerprint density at radius 3 is 2.13 bits per heavy atom. The summed E-state index contributed by atoms with van der Waals surface area (Å²) in [5, 5.41) is 3.08. The minimum absolute atomic E-state index is 0.0357. The molecule has 5 nitrogen and oxygen atoms in total. The molecule has 1 aromatic rings. The first-order valence-corrected chi connectivity index (χ1v) is 11.9. The highest BCUT2D eigenvalue weighted by atomic mass is 16.2. The van der Waals surface area contributed by atoms with Crippen molar-refractivity contribution in [1.29, 1.82) is 0 Å². The predicted octanol–water partition coefficient (Wildman–Crippen LogP) is 3.85. The van der Waals surface area contributed by atoms with E-state index in [-0.39, 0.29) is 53.4 Å². The fourth-order valence-electron chi connectivity index (χ4n) is 7.12. The second kappa shape index (κ2) is 6.78. The number of carbonyl (C=O) groups is 3. The largest absolute Gasteiger partial charge is 0.326 e. The summed E-state index contributed by atoms with van der Waals surface area (Å²) in [5.74, 6) is 1.75. The Morgan fingerprint density at radius 2 is 1.55 bits per heavy atom. The summed E-state index contributed by atoms with van der Waals surface area (Å²) < 4.78 is 0. The van der Waals surface area contributed by atoms with Crippen molar-refractivity contribution < 1.29 is 14.4 Å². The maximum absolute atomic E-state index is 13.3. The summed E-state index contributed by atoms with van der Waals surface area (Å²) in [6.45, 7) is 4.05. The fraction of sp³-hybridized carbons (Fsp3) is 0.577. The zero-order chi connectivity index (χ0) is 21.4. The summed E-state index contributed by atoms with van der Waals surface area (Å²) >= 11 is 0. The van der Waals surface area contributed by atoms with Crippen LogP contribution >= 0.6 is 0 Å². The number of nitrogens with zero attached hydrogens (tertiary/aromatic N) is 1. The van der Waals surface area contributed by atoms with E-state index in [1.54, 1.807) is 4.90 Å². The van der Waals surface area contributed by atoms with Gasteiger partial charge in [-0.15, -0.1) is 0 Å². The van der Waals surface area contributed by atoms with E-state index in [0.29, 0.717) is 11.8 Å². The third-order valence-corrected chi connectivity index (χ3v) is 8.77. The maximum Gasteiger partial charge on any atom is 0.233 e. The molecule has 1 aliphatic heterocycles. The van der Waals surface area contributed by atoms with Gasteiger partial charge in [0.1, 0.15) is 0 Å². The van der Waals surface area contributed by atoms with Gasteiger partial charge in [-0.3, -0.25) is 19.3 Å². The van der Waals surface area contributed by atoms with Crippen LogP contribution < -0.4 is 5.32 Å². The minimum atomic E-state index is -0.114. The number of carbonyl (C=O) groups excluding carboxylic acids is 3. The number of benzene rings is 1. The molecule has 0 spiro atoms. The average molecular weight is 419 g/mol. The van der Waals surface area contributed by atoms with Gasteiger partial charge in [0.2, 0.25) is 17.7 Å². The highest BCUT2D eigenvalue weighted by Gasteiger charge is 2.67. The number of rotatable bonds is 3. The van der Waals surface area contributed by atoms with Crippen LogP contribution in [0.15, 0.2) is 30.4 Å². The van der Waals surface area contributed by atoms with Crippen LogP contribution in [0.1, 0.15) is 43.2 Å². The lowest BCUT2D eigenvalue weighted by molar-refractivity contribution is -0.144. The molecule has 1 saturated heterocycles. The molecule has 162 valence electrons. The predicted molar refractivity (Wildman–Crippen MR) is 117 cm³/mol. The van der Waals surface area contributed by atoms with E-state index in [2.05, 4.69) is 23.5 Å². The van der Waals surface area contributed by atoms with Gasteiger partial charge in [0.15, 0.2) is 0 Å². The molecule has 5 aliphatic carbocycles. The number of allylic oxidation sites excluding steroid dienone is 2. The molecule has 1 aromatic carbocycles. The Morgan fingerprint density at radius 1 is 0.935 bits per heavy atom. The standard InChI is InChI=1S/C26H30N2O3/c1-13-3-10-21(14(2)11-13)27-24(29)15-4-6-16(7-5-15)28-25(30)22-17-8-9-18(20-12-19(17)20)23(22)26(28)31/h3,8-11,15-20,22-23H,4-7,12H2,1-2H3,(H,27,29)/t15?,16?,17-,18-,19-,20-,22+,23+/m0/s1. The van der Waals surface area contributed by atoms with E-state index < -0.39 is 0 Å². The number of anilines is 1. The molecular weight excluding hydrogens is 388 g/mol. The third kappa shape index (κ3) is 2.85. The SMILES string of the molecule is Cc1ccc(NC(=O)C2CCC(N3C(=O)[C@@H]4[C@H]5C=C[C@@H]([C@@H]6C[C@@H]56)[C@H]4C3=O)CC2)c(C)c1. The van der Waals surface area contributed by atoms with E-state index in [1.807, 2.05) is 26.0 Å². The molecule has 1 N–H and O–H groups in total. The number of aryl methyl sites for hydroxylation is 2. The van der Waals surface area contributed by atoms with Crippen molar-refractivity contribution in [1.82, 2.24) is 4.90 Å². The van der Waals surface area contributed by atoms with Crippen molar-refractivity contribution in [2.75, 3.05) is 5.32 Å². The molecule has 7 rings (SSSR count). The van der Waals surface area contributed by atoms with Gasteiger partial charge in [0.05, 0.1) is 11.8 Å². The van der Waals surface area contributed by atoms with Gasteiger partial charge in [-0.2, -0.15) is 0 Å². The van der Waals surface area contributed by atoms with Crippen molar-refractivity contribution in [2.24, 2.45) is 41.4 Å². The summed E-state index contributed by atoms with van der Waals surface area (Å²) in [4.78, 5) is 41.1. The molecule has 2 bridgehead atoms. The molecule has 31 heavy (non-hydrogen) atoms. The number of amides is 3. The van der Waals surface area contributed by atoms with Crippen LogP contribution in [0.3, 0.4) is 0 Å². The van der Waals surface area contributed by atoms with Gasteiger partial charge < -0.3 is 5.32 Å². The summed E-state index contributed by atoms with van der Waals surface area (Å²) in [5.41, 5.74) is 3.12. The highest BCUT2D eigenvalue weighted by molar-refractivity contribution is 6.06. The van der Waals surface area contributed by atoms with Gasteiger partial charge in [0.25, 0.3) is 0 Å². The van der Waals surface area contributed by atoms with E-state index in [9.17, 15) is 14.4 Å². The zero-order valence-corrected chi connectivity index (χ0v) is 18.2. The smallest absolute Gasteiger partial charge is 0.233 e. The third-order valence-electron chi connectivity index (χ3n) is 8.77. The summed E-state index contributed by atoms with van der Waals surface area (Å²) in [6.07, 6.45) is 8.56. The number of nitrogens with one attached hydrogen (secondary N) is 1. The summed E-state index contributed by atoms with van der Waals surface area (Å²) in [6, 6.07) is 6.01. The maximum atomic E-state index is 13.3. The molecule has 4 fully saturated rings. The van der Waals surface area contributed by atoms with Crippen molar-refractivity contribution in [2.45, 2.75) is 52.0 Å². The number of hydrogen-bond acceptors (Lipinski definition) is 3. The number of hydrogen-bond donors (Lipinski definition) is 1. The lowest BCUT2D eigenvalue weighted by Gasteiger charge is -2.37. The van der Waals surface area contributed by atoms with Crippen LogP contribution in [0.5, 0.6) is 0 Å². The topological polar surface area (TPSA) is 66.5 Å². The second-order valence-corrected chi connectivity index (χ2v) is 10.5.